The number of unbranched alkanes of at least 4 members (excludes halogenated alkanes) is 7. The third kappa shape index (κ3) is 13.9. The molecule has 0 bridgehead atoms. The number of rotatable bonds is 12. The van der Waals surface area contributed by atoms with Crippen LogP contribution in [0.2, 0.25) is 0 Å². The molecule has 0 heterocycles. The van der Waals surface area contributed by atoms with Gasteiger partial charge in [-0.2, -0.15) is 0 Å². The first-order valence-corrected chi connectivity index (χ1v) is 6.70. The van der Waals surface area contributed by atoms with Gasteiger partial charge in [0, 0.05) is 6.61 Å². The zero-order chi connectivity index (χ0) is 11.2. The minimum atomic E-state index is 0.715. The van der Waals surface area contributed by atoms with Crippen LogP contribution >= 0.6 is 0 Å². The number of ether oxygens (including phenoxy) is 1. The maximum absolute atomic E-state index is 5.19. The van der Waals surface area contributed by atoms with Gasteiger partial charge < -0.3 is 4.74 Å². The Morgan fingerprint density at radius 2 is 1.40 bits per heavy atom. The van der Waals surface area contributed by atoms with E-state index in [1.807, 2.05) is 6.92 Å². The number of hydrogen-bond donors (Lipinski definition) is 1. The Bertz CT molecular complexity index is 94.7. The van der Waals surface area contributed by atoms with Crippen LogP contribution in [0, 0.1) is 0 Å². The van der Waals surface area contributed by atoms with Crippen LogP contribution in [0.3, 0.4) is 0 Å². The van der Waals surface area contributed by atoms with Gasteiger partial charge in [0.2, 0.25) is 0 Å². The summed E-state index contributed by atoms with van der Waals surface area (Å²) >= 11 is 0. The maximum atomic E-state index is 5.19. The lowest BCUT2D eigenvalue weighted by molar-refractivity contribution is 0.128. The lowest BCUT2D eigenvalue weighted by Gasteiger charge is -2.04. The maximum Gasteiger partial charge on any atom is 0.0965 e. The van der Waals surface area contributed by atoms with Crippen molar-refractivity contribution in [2.24, 2.45) is 0 Å². The predicted molar refractivity (Wildman–Crippen MR) is 67.1 cm³/mol. The van der Waals surface area contributed by atoms with Crippen LogP contribution in [-0.2, 0) is 4.74 Å². The van der Waals surface area contributed by atoms with Crippen LogP contribution < -0.4 is 5.32 Å². The molecule has 1 N–H and O–H groups in total. The Morgan fingerprint density at radius 1 is 0.800 bits per heavy atom. The fraction of sp³-hybridized carbons (Fsp3) is 1.00. The number of nitrogens with one attached hydrogen (secondary N) is 1. The second kappa shape index (κ2) is 13.9. The van der Waals surface area contributed by atoms with E-state index in [4.69, 9.17) is 4.74 Å². The van der Waals surface area contributed by atoms with E-state index in [0.29, 0.717) is 6.73 Å². The smallest absolute Gasteiger partial charge is 0.0965 e. The van der Waals surface area contributed by atoms with E-state index < -0.39 is 0 Å². The van der Waals surface area contributed by atoms with Crippen LogP contribution in [0.1, 0.15) is 65.2 Å². The van der Waals surface area contributed by atoms with Gasteiger partial charge in [0.1, 0.15) is 0 Å². The van der Waals surface area contributed by atoms with Gasteiger partial charge in [-0.1, -0.05) is 51.9 Å². The summed E-state index contributed by atoms with van der Waals surface area (Å²) in [6, 6.07) is 0. The van der Waals surface area contributed by atoms with Crippen molar-refractivity contribution in [1.29, 1.82) is 0 Å². The molecule has 0 aliphatic heterocycles. The zero-order valence-corrected chi connectivity index (χ0v) is 10.7. The van der Waals surface area contributed by atoms with Crippen molar-refractivity contribution in [3.05, 3.63) is 0 Å². The third-order valence-corrected chi connectivity index (χ3v) is 2.62. The predicted octanol–water partition coefficient (Wildman–Crippen LogP) is 3.71. The molecule has 2 nitrogen and oxygen atoms in total. The molecule has 0 atom stereocenters. The highest BCUT2D eigenvalue weighted by Crippen LogP contribution is 2.07. The summed E-state index contributed by atoms with van der Waals surface area (Å²) in [4.78, 5) is 0. The molecule has 0 saturated carbocycles. The third-order valence-electron chi connectivity index (χ3n) is 2.62. The van der Waals surface area contributed by atoms with Crippen LogP contribution in [0.15, 0.2) is 0 Å². The van der Waals surface area contributed by atoms with Crippen molar-refractivity contribution in [3.63, 3.8) is 0 Å². The van der Waals surface area contributed by atoms with Gasteiger partial charge >= 0.3 is 0 Å². The SMILES string of the molecule is CCCCCCCCCCNCOCC. The first kappa shape index (κ1) is 14.9. The minimum Gasteiger partial charge on any atom is -0.367 e. The van der Waals surface area contributed by atoms with Crippen LogP contribution in [-0.4, -0.2) is 19.9 Å². The van der Waals surface area contributed by atoms with Crippen LogP contribution in [0.5, 0.6) is 0 Å². The van der Waals surface area contributed by atoms with Crippen molar-refractivity contribution in [1.82, 2.24) is 5.32 Å². The molecule has 0 saturated heterocycles. The van der Waals surface area contributed by atoms with Crippen molar-refractivity contribution in [2.45, 2.75) is 65.2 Å². The molecule has 0 spiro atoms. The average molecular weight is 215 g/mol. The van der Waals surface area contributed by atoms with Gasteiger partial charge in [-0.15, -0.1) is 0 Å². The van der Waals surface area contributed by atoms with E-state index in [-0.39, 0.29) is 0 Å². The highest BCUT2D eigenvalue weighted by molar-refractivity contribution is 4.47. The van der Waals surface area contributed by atoms with Gasteiger partial charge in [0.05, 0.1) is 6.73 Å². The Labute approximate surface area is 95.8 Å². The molecule has 0 aliphatic carbocycles. The largest absolute Gasteiger partial charge is 0.367 e. The molecule has 15 heavy (non-hydrogen) atoms. The van der Waals surface area contributed by atoms with Crippen LogP contribution in [0.4, 0.5) is 0 Å². The number of hydrogen-bond acceptors (Lipinski definition) is 2. The first-order chi connectivity index (χ1) is 7.41. The molecule has 0 aliphatic rings. The lowest BCUT2D eigenvalue weighted by Crippen LogP contribution is -2.18. The van der Waals surface area contributed by atoms with Crippen molar-refractivity contribution in [2.75, 3.05) is 19.9 Å². The van der Waals surface area contributed by atoms with E-state index in [1.165, 1.54) is 51.4 Å². The van der Waals surface area contributed by atoms with E-state index in [2.05, 4.69) is 12.2 Å². The van der Waals surface area contributed by atoms with Gasteiger partial charge in [0.15, 0.2) is 0 Å². The molecule has 0 radical (unpaired) electrons. The normalized spacial score (nSPS) is 10.8. The summed E-state index contributed by atoms with van der Waals surface area (Å²) < 4.78 is 5.19. The summed E-state index contributed by atoms with van der Waals surface area (Å²) in [7, 11) is 0. The van der Waals surface area contributed by atoms with Crippen molar-refractivity contribution in [3.8, 4) is 0 Å². The molecule has 0 aromatic heterocycles. The molecule has 0 aromatic carbocycles. The molecule has 0 fully saturated rings. The highest BCUT2D eigenvalue weighted by Gasteiger charge is 1.91. The van der Waals surface area contributed by atoms with Crippen LogP contribution in [0.25, 0.3) is 0 Å². The molecule has 92 valence electrons. The molecule has 0 rings (SSSR count). The summed E-state index contributed by atoms with van der Waals surface area (Å²) in [5.41, 5.74) is 0. The average Bonchev–Trinajstić information content (AvgIpc) is 2.26. The lowest BCUT2D eigenvalue weighted by atomic mass is 10.1. The van der Waals surface area contributed by atoms with Gasteiger partial charge in [-0.3, -0.25) is 5.32 Å². The fourth-order valence-electron chi connectivity index (χ4n) is 1.63. The first-order valence-electron chi connectivity index (χ1n) is 6.70. The van der Waals surface area contributed by atoms with Crippen molar-refractivity contribution < 1.29 is 4.74 Å². The monoisotopic (exact) mass is 215 g/mol. The quantitative estimate of drug-likeness (QED) is 0.396. The topological polar surface area (TPSA) is 21.3 Å². The zero-order valence-electron chi connectivity index (χ0n) is 10.7. The molecule has 0 unspecified atom stereocenters. The van der Waals surface area contributed by atoms with Crippen molar-refractivity contribution >= 4 is 0 Å². The van der Waals surface area contributed by atoms with Gasteiger partial charge in [-0.25, -0.2) is 0 Å². The second-order valence-electron chi connectivity index (χ2n) is 4.11. The van der Waals surface area contributed by atoms with Gasteiger partial charge in [0.25, 0.3) is 0 Å². The molecule has 2 heteroatoms. The Kier molecular flexibility index (Phi) is 13.8. The summed E-state index contributed by atoms with van der Waals surface area (Å²) in [5.74, 6) is 0. The Morgan fingerprint density at radius 3 is 2.00 bits per heavy atom. The summed E-state index contributed by atoms with van der Waals surface area (Å²) in [6.45, 7) is 6.93. The Balaban J connectivity index is 2.81. The van der Waals surface area contributed by atoms with E-state index >= 15 is 0 Å². The summed E-state index contributed by atoms with van der Waals surface area (Å²) in [6.07, 6.45) is 11.1. The second-order valence-corrected chi connectivity index (χ2v) is 4.11. The van der Waals surface area contributed by atoms with E-state index in [0.717, 1.165) is 13.2 Å². The van der Waals surface area contributed by atoms with Gasteiger partial charge in [-0.05, 0) is 19.9 Å². The molecular formula is C13H29NO. The molecule has 0 aromatic rings. The van der Waals surface area contributed by atoms with E-state index in [1.54, 1.807) is 0 Å². The molecular weight excluding hydrogens is 186 g/mol. The minimum absolute atomic E-state index is 0.715. The standard InChI is InChI=1S/C13H29NO/c1-3-5-6-7-8-9-10-11-12-14-13-15-4-2/h14H,3-13H2,1-2H3. The van der Waals surface area contributed by atoms with E-state index in [9.17, 15) is 0 Å². The summed E-state index contributed by atoms with van der Waals surface area (Å²) in [5, 5.41) is 3.28. The highest BCUT2D eigenvalue weighted by atomic mass is 16.5. The Hall–Kier alpha value is -0.0800. The molecule has 0 amide bonds. The fourth-order valence-corrected chi connectivity index (χ4v) is 1.63.